The minimum Gasteiger partial charge on any atom is -0.384 e. The van der Waals surface area contributed by atoms with Crippen LogP contribution in [0.3, 0.4) is 0 Å². The van der Waals surface area contributed by atoms with E-state index in [2.05, 4.69) is 27.5 Å². The fourth-order valence-corrected chi connectivity index (χ4v) is 4.94. The molecule has 0 bridgehead atoms. The average Bonchev–Trinajstić information content (AvgIpc) is 2.87. The second-order valence-corrected chi connectivity index (χ2v) is 11.2. The van der Waals surface area contributed by atoms with Crippen molar-refractivity contribution in [3.63, 3.8) is 0 Å². The number of nitrogen functional groups attached to an aromatic ring is 1. The number of sulfonamides is 1. The summed E-state index contributed by atoms with van der Waals surface area (Å²) in [6.07, 6.45) is 2.54. The molecule has 3 atom stereocenters. The molecule has 200 valence electrons. The predicted octanol–water partition coefficient (Wildman–Crippen LogP) is 0.889. The smallest absolute Gasteiger partial charge is 0.242 e. The second kappa shape index (κ2) is 12.8. The number of carbonyl (C=O) groups excluding carboxylic acids is 2. The standard InChI is InChI=1S/C26H36N6O4S/c1-18(25(33)29-17-19-8-10-21(11-9-19)24(27)28)31-26(34)23-16-22(20-6-4-3-5-7-20)12-14-32(23)15-13-30-37(2,35)36/h3-11,18,22-23,30H,12-17H2,1-2H3,(H3,27,28)(H,29,33)(H,31,34)/t18?,22-,23+/m0/s1. The van der Waals surface area contributed by atoms with Gasteiger partial charge in [0.25, 0.3) is 0 Å². The predicted molar refractivity (Wildman–Crippen MR) is 144 cm³/mol. The monoisotopic (exact) mass is 528 g/mol. The summed E-state index contributed by atoms with van der Waals surface area (Å²) in [5.74, 6) is -0.401. The third-order valence-electron chi connectivity index (χ3n) is 6.53. The molecule has 10 nitrogen and oxygen atoms in total. The van der Waals surface area contributed by atoms with Gasteiger partial charge in [-0.05, 0) is 43.4 Å². The Morgan fingerprint density at radius 2 is 1.81 bits per heavy atom. The molecule has 1 unspecified atom stereocenters. The van der Waals surface area contributed by atoms with Gasteiger partial charge < -0.3 is 16.4 Å². The second-order valence-electron chi connectivity index (χ2n) is 9.41. The van der Waals surface area contributed by atoms with Gasteiger partial charge in [0.15, 0.2) is 0 Å². The number of nitrogens with two attached hydrogens (primary N) is 1. The number of hydrogen-bond donors (Lipinski definition) is 5. The number of amidine groups is 1. The van der Waals surface area contributed by atoms with E-state index in [0.29, 0.717) is 25.1 Å². The minimum atomic E-state index is -3.33. The van der Waals surface area contributed by atoms with Crippen molar-refractivity contribution in [1.29, 1.82) is 5.41 Å². The molecule has 1 saturated heterocycles. The van der Waals surface area contributed by atoms with Crippen molar-refractivity contribution in [2.45, 2.75) is 44.3 Å². The number of benzene rings is 2. The summed E-state index contributed by atoms with van der Waals surface area (Å²) in [5.41, 5.74) is 8.08. The van der Waals surface area contributed by atoms with Gasteiger partial charge in [0.2, 0.25) is 21.8 Å². The zero-order valence-electron chi connectivity index (χ0n) is 21.2. The molecular formula is C26H36N6O4S. The number of nitrogens with one attached hydrogen (secondary N) is 4. The molecule has 1 fully saturated rings. The third-order valence-corrected chi connectivity index (χ3v) is 7.26. The van der Waals surface area contributed by atoms with Gasteiger partial charge in [-0.15, -0.1) is 0 Å². The summed E-state index contributed by atoms with van der Waals surface area (Å²) >= 11 is 0. The number of hydrogen-bond acceptors (Lipinski definition) is 6. The summed E-state index contributed by atoms with van der Waals surface area (Å²) in [6.45, 7) is 3.15. The summed E-state index contributed by atoms with van der Waals surface area (Å²) in [4.78, 5) is 28.0. The molecular weight excluding hydrogens is 492 g/mol. The van der Waals surface area contributed by atoms with Gasteiger partial charge in [0, 0.05) is 25.2 Å². The molecule has 1 aliphatic rings. The highest BCUT2D eigenvalue weighted by molar-refractivity contribution is 7.88. The molecule has 6 N–H and O–H groups in total. The number of rotatable bonds is 11. The van der Waals surface area contributed by atoms with Gasteiger partial charge in [0.05, 0.1) is 12.3 Å². The molecule has 0 aliphatic carbocycles. The number of amides is 2. The van der Waals surface area contributed by atoms with Crippen molar-refractivity contribution in [1.82, 2.24) is 20.3 Å². The fraction of sp³-hybridized carbons (Fsp3) is 0.423. The molecule has 37 heavy (non-hydrogen) atoms. The summed E-state index contributed by atoms with van der Waals surface area (Å²) in [6, 6.07) is 15.8. The Balaban J connectivity index is 1.61. The first-order chi connectivity index (χ1) is 17.5. The van der Waals surface area contributed by atoms with E-state index in [1.165, 1.54) is 0 Å². The molecule has 3 rings (SSSR count). The maximum absolute atomic E-state index is 13.3. The summed E-state index contributed by atoms with van der Waals surface area (Å²) < 4.78 is 25.5. The first kappa shape index (κ1) is 28.3. The first-order valence-corrected chi connectivity index (χ1v) is 14.2. The van der Waals surface area contributed by atoms with Crippen LogP contribution in [-0.4, -0.2) is 68.9 Å². The molecule has 2 aromatic rings. The van der Waals surface area contributed by atoms with Crippen molar-refractivity contribution >= 4 is 27.7 Å². The van der Waals surface area contributed by atoms with Crippen molar-refractivity contribution in [3.8, 4) is 0 Å². The number of nitrogens with zero attached hydrogens (tertiary/aromatic N) is 1. The van der Waals surface area contributed by atoms with E-state index in [9.17, 15) is 18.0 Å². The Morgan fingerprint density at radius 3 is 2.43 bits per heavy atom. The van der Waals surface area contributed by atoms with Crippen LogP contribution in [0.5, 0.6) is 0 Å². The average molecular weight is 529 g/mol. The number of likely N-dealkylation sites (tertiary alicyclic amines) is 1. The highest BCUT2D eigenvalue weighted by Gasteiger charge is 2.35. The quantitative estimate of drug-likeness (QED) is 0.215. The number of carbonyl (C=O) groups is 2. The van der Waals surface area contributed by atoms with E-state index in [1.54, 1.807) is 31.2 Å². The van der Waals surface area contributed by atoms with E-state index in [4.69, 9.17) is 11.1 Å². The lowest BCUT2D eigenvalue weighted by atomic mass is 9.85. The first-order valence-electron chi connectivity index (χ1n) is 12.3. The van der Waals surface area contributed by atoms with Crippen molar-refractivity contribution in [2.24, 2.45) is 5.73 Å². The van der Waals surface area contributed by atoms with Gasteiger partial charge in [-0.3, -0.25) is 19.9 Å². The number of piperidine rings is 1. The van der Waals surface area contributed by atoms with Gasteiger partial charge in [0.1, 0.15) is 11.9 Å². The van der Waals surface area contributed by atoms with Crippen LogP contribution in [-0.2, 0) is 26.2 Å². The highest BCUT2D eigenvalue weighted by atomic mass is 32.2. The van der Waals surface area contributed by atoms with Crippen LogP contribution in [0.25, 0.3) is 0 Å². The van der Waals surface area contributed by atoms with Crippen LogP contribution < -0.4 is 21.1 Å². The lowest BCUT2D eigenvalue weighted by Crippen LogP contribution is -2.56. The topological polar surface area (TPSA) is 157 Å². The van der Waals surface area contributed by atoms with Crippen LogP contribution in [0.4, 0.5) is 0 Å². The Morgan fingerprint density at radius 1 is 1.14 bits per heavy atom. The van der Waals surface area contributed by atoms with Crippen molar-refractivity contribution in [3.05, 3.63) is 71.3 Å². The van der Waals surface area contributed by atoms with E-state index >= 15 is 0 Å². The van der Waals surface area contributed by atoms with Gasteiger partial charge >= 0.3 is 0 Å². The normalized spacial score (nSPS) is 19.1. The molecule has 1 aliphatic heterocycles. The fourth-order valence-electron chi connectivity index (χ4n) is 4.48. The van der Waals surface area contributed by atoms with Crippen LogP contribution in [0, 0.1) is 5.41 Å². The van der Waals surface area contributed by atoms with E-state index < -0.39 is 22.1 Å². The molecule has 11 heteroatoms. The lowest BCUT2D eigenvalue weighted by molar-refractivity contribution is -0.132. The van der Waals surface area contributed by atoms with Gasteiger partial charge in [-0.25, -0.2) is 13.1 Å². The molecule has 2 amide bonds. The highest BCUT2D eigenvalue weighted by Crippen LogP contribution is 2.31. The van der Waals surface area contributed by atoms with Crippen molar-refractivity contribution in [2.75, 3.05) is 25.9 Å². The molecule has 2 aromatic carbocycles. The van der Waals surface area contributed by atoms with Crippen LogP contribution >= 0.6 is 0 Å². The maximum Gasteiger partial charge on any atom is 0.242 e. The minimum absolute atomic E-state index is 0.0229. The van der Waals surface area contributed by atoms with Crippen molar-refractivity contribution < 1.29 is 18.0 Å². The largest absolute Gasteiger partial charge is 0.384 e. The van der Waals surface area contributed by atoms with Gasteiger partial charge in [-0.1, -0.05) is 54.6 Å². The third kappa shape index (κ3) is 8.66. The molecule has 1 heterocycles. The Kier molecular flexibility index (Phi) is 9.79. The zero-order valence-corrected chi connectivity index (χ0v) is 22.1. The molecule has 0 spiro atoms. The Hall–Kier alpha value is -3.28. The van der Waals surface area contributed by atoms with Crippen LogP contribution in [0.2, 0.25) is 0 Å². The summed E-state index contributed by atoms with van der Waals surface area (Å²) in [5, 5.41) is 13.1. The van der Waals surface area contributed by atoms with Crippen LogP contribution in [0.15, 0.2) is 54.6 Å². The lowest BCUT2D eigenvalue weighted by Gasteiger charge is -2.39. The molecule has 0 radical (unpaired) electrons. The Labute approximate surface area is 218 Å². The van der Waals surface area contributed by atoms with E-state index in [1.807, 2.05) is 23.1 Å². The SMILES string of the molecule is CC(NC(=O)[C@H]1C[C@@H](c2ccccc2)CCN1CCNS(C)(=O)=O)C(=O)NCc1ccc(C(=N)N)cc1. The molecule has 0 saturated carbocycles. The zero-order chi connectivity index (χ0) is 27.0. The Bertz CT molecular complexity index is 1190. The van der Waals surface area contributed by atoms with E-state index in [-0.39, 0.29) is 36.7 Å². The van der Waals surface area contributed by atoms with Gasteiger partial charge in [-0.2, -0.15) is 0 Å². The maximum atomic E-state index is 13.3. The molecule has 0 aromatic heterocycles. The summed E-state index contributed by atoms with van der Waals surface area (Å²) in [7, 11) is -3.33. The van der Waals surface area contributed by atoms with E-state index in [0.717, 1.165) is 23.8 Å². The van der Waals surface area contributed by atoms with Crippen LogP contribution in [0.1, 0.15) is 42.4 Å².